The summed E-state index contributed by atoms with van der Waals surface area (Å²) in [5.74, 6) is -0.224. The van der Waals surface area contributed by atoms with E-state index >= 15 is 0 Å². The fourth-order valence-electron chi connectivity index (χ4n) is 1.31. The van der Waals surface area contributed by atoms with Crippen LogP contribution in [0, 0.1) is 0 Å². The smallest absolute Gasteiger partial charge is 0.333 e. The zero-order valence-corrected chi connectivity index (χ0v) is 10.2. The lowest BCUT2D eigenvalue weighted by atomic mass is 10.1. The molecule has 0 radical (unpaired) electrons. The molecule has 0 heterocycles. The Hall–Kier alpha value is -1.31. The maximum atomic E-state index is 11.6. The maximum Gasteiger partial charge on any atom is 0.333 e. The normalized spacial score (nSPS) is 10.9. The Labute approximate surface area is 98.7 Å². The van der Waals surface area contributed by atoms with Gasteiger partial charge < -0.3 is 4.74 Å². The van der Waals surface area contributed by atoms with Crippen molar-refractivity contribution in [2.75, 3.05) is 6.61 Å². The Morgan fingerprint density at radius 1 is 1.25 bits per heavy atom. The number of hydrogen-bond donors (Lipinski definition) is 0. The molecule has 0 saturated carbocycles. The number of rotatable bonds is 9. The van der Waals surface area contributed by atoms with Gasteiger partial charge in [0.25, 0.3) is 0 Å². The Bertz CT molecular complexity index is 251. The topological polar surface area (TPSA) is 26.3 Å². The molecule has 0 amide bonds. The zero-order chi connectivity index (χ0) is 12.2. The van der Waals surface area contributed by atoms with Crippen LogP contribution in [0.5, 0.6) is 0 Å². The van der Waals surface area contributed by atoms with E-state index in [1.165, 1.54) is 0 Å². The highest BCUT2D eigenvalue weighted by atomic mass is 16.5. The molecule has 0 spiro atoms. The second kappa shape index (κ2) is 10.2. The number of hydrogen-bond acceptors (Lipinski definition) is 2. The van der Waals surface area contributed by atoms with E-state index < -0.39 is 0 Å². The van der Waals surface area contributed by atoms with E-state index in [9.17, 15) is 4.79 Å². The van der Waals surface area contributed by atoms with Crippen LogP contribution < -0.4 is 0 Å². The molecule has 2 heteroatoms. The van der Waals surface area contributed by atoms with Gasteiger partial charge in [0.15, 0.2) is 0 Å². The molecule has 0 aromatic carbocycles. The molecule has 0 rings (SSSR count). The number of allylic oxidation sites excluding steroid dienone is 2. The Kier molecular flexibility index (Phi) is 9.38. The summed E-state index contributed by atoms with van der Waals surface area (Å²) in [6, 6.07) is 0. The molecule has 0 bridgehead atoms. The first-order valence-corrected chi connectivity index (χ1v) is 5.84. The lowest BCUT2D eigenvalue weighted by Gasteiger charge is -2.06. The molecular formula is C14H22O2. The third-order valence-corrected chi connectivity index (χ3v) is 2.18. The van der Waals surface area contributed by atoms with E-state index in [1.54, 1.807) is 12.2 Å². The Morgan fingerprint density at radius 3 is 2.56 bits per heavy atom. The van der Waals surface area contributed by atoms with Gasteiger partial charge in [0.2, 0.25) is 0 Å². The van der Waals surface area contributed by atoms with Gasteiger partial charge in [-0.15, -0.1) is 6.58 Å². The number of carbonyl (C=O) groups excluding carboxylic acids is 1. The Morgan fingerprint density at radius 2 is 2.00 bits per heavy atom. The van der Waals surface area contributed by atoms with Crippen molar-refractivity contribution in [3.05, 3.63) is 37.0 Å². The van der Waals surface area contributed by atoms with Crippen LogP contribution in [0.15, 0.2) is 37.0 Å². The number of carbonyl (C=O) groups is 1. The van der Waals surface area contributed by atoms with Crippen LogP contribution in [0.2, 0.25) is 0 Å². The second-order valence-corrected chi connectivity index (χ2v) is 3.60. The molecular weight excluding hydrogens is 200 g/mol. The van der Waals surface area contributed by atoms with Gasteiger partial charge in [0.05, 0.1) is 0 Å². The molecule has 2 nitrogen and oxygen atoms in total. The first-order valence-electron chi connectivity index (χ1n) is 5.84. The highest BCUT2D eigenvalue weighted by Crippen LogP contribution is 2.12. The SMILES string of the molecule is C=CCC=C(CCCCC)C(=O)OCC=C. The molecule has 16 heavy (non-hydrogen) atoms. The van der Waals surface area contributed by atoms with E-state index in [0.29, 0.717) is 6.42 Å². The van der Waals surface area contributed by atoms with Crippen LogP contribution >= 0.6 is 0 Å². The summed E-state index contributed by atoms with van der Waals surface area (Å²) < 4.78 is 5.02. The van der Waals surface area contributed by atoms with E-state index in [4.69, 9.17) is 4.74 Å². The van der Waals surface area contributed by atoms with Crippen LogP contribution in [0.4, 0.5) is 0 Å². The average Bonchev–Trinajstić information content (AvgIpc) is 2.30. The molecule has 0 unspecified atom stereocenters. The van der Waals surface area contributed by atoms with Crippen LogP contribution in [-0.2, 0) is 9.53 Å². The fraction of sp³-hybridized carbons (Fsp3) is 0.500. The van der Waals surface area contributed by atoms with Gasteiger partial charge in [-0.1, -0.05) is 44.6 Å². The van der Waals surface area contributed by atoms with Crippen molar-refractivity contribution >= 4 is 5.97 Å². The number of ether oxygens (including phenoxy) is 1. The molecule has 0 aliphatic carbocycles. The molecule has 90 valence electrons. The summed E-state index contributed by atoms with van der Waals surface area (Å²) in [6.45, 7) is 9.57. The largest absolute Gasteiger partial charge is 0.458 e. The van der Waals surface area contributed by atoms with Gasteiger partial charge in [-0.2, -0.15) is 0 Å². The summed E-state index contributed by atoms with van der Waals surface area (Å²) in [4.78, 5) is 11.6. The minimum absolute atomic E-state index is 0.224. The van der Waals surface area contributed by atoms with Crippen molar-refractivity contribution in [1.82, 2.24) is 0 Å². The molecule has 0 aliphatic heterocycles. The number of esters is 1. The van der Waals surface area contributed by atoms with Gasteiger partial charge in [0.1, 0.15) is 6.61 Å². The predicted molar refractivity (Wildman–Crippen MR) is 68.2 cm³/mol. The second-order valence-electron chi connectivity index (χ2n) is 3.60. The average molecular weight is 222 g/mol. The van der Waals surface area contributed by atoms with Crippen molar-refractivity contribution in [1.29, 1.82) is 0 Å². The molecule has 0 atom stereocenters. The van der Waals surface area contributed by atoms with Crippen LogP contribution in [0.3, 0.4) is 0 Å². The van der Waals surface area contributed by atoms with Gasteiger partial charge in [0, 0.05) is 5.57 Å². The molecule has 0 aromatic heterocycles. The monoisotopic (exact) mass is 222 g/mol. The molecule has 0 fully saturated rings. The van der Waals surface area contributed by atoms with E-state index in [2.05, 4.69) is 20.1 Å². The first kappa shape index (κ1) is 14.7. The van der Waals surface area contributed by atoms with Crippen LogP contribution in [-0.4, -0.2) is 12.6 Å². The van der Waals surface area contributed by atoms with Crippen molar-refractivity contribution in [3.8, 4) is 0 Å². The summed E-state index contributed by atoms with van der Waals surface area (Å²) >= 11 is 0. The molecule has 0 aliphatic rings. The van der Waals surface area contributed by atoms with Gasteiger partial charge in [-0.3, -0.25) is 0 Å². The minimum atomic E-state index is -0.224. The van der Waals surface area contributed by atoms with Crippen molar-refractivity contribution < 1.29 is 9.53 Å². The summed E-state index contributed by atoms with van der Waals surface area (Å²) in [7, 11) is 0. The summed E-state index contributed by atoms with van der Waals surface area (Å²) in [5, 5.41) is 0. The quantitative estimate of drug-likeness (QED) is 0.257. The van der Waals surface area contributed by atoms with E-state index in [-0.39, 0.29) is 12.6 Å². The lowest BCUT2D eigenvalue weighted by molar-refractivity contribution is -0.138. The van der Waals surface area contributed by atoms with Gasteiger partial charge >= 0.3 is 5.97 Å². The fourth-order valence-corrected chi connectivity index (χ4v) is 1.31. The van der Waals surface area contributed by atoms with E-state index in [0.717, 1.165) is 31.3 Å². The van der Waals surface area contributed by atoms with Crippen LogP contribution in [0.25, 0.3) is 0 Å². The van der Waals surface area contributed by atoms with E-state index in [1.807, 2.05) is 6.08 Å². The summed E-state index contributed by atoms with van der Waals surface area (Å²) in [5.41, 5.74) is 0.759. The minimum Gasteiger partial charge on any atom is -0.458 e. The first-order chi connectivity index (χ1) is 7.76. The van der Waals surface area contributed by atoms with Crippen molar-refractivity contribution in [2.24, 2.45) is 0 Å². The third kappa shape index (κ3) is 7.04. The maximum absolute atomic E-state index is 11.6. The molecule has 0 aromatic rings. The molecule has 0 N–H and O–H groups in total. The van der Waals surface area contributed by atoms with Crippen molar-refractivity contribution in [2.45, 2.75) is 39.0 Å². The highest BCUT2D eigenvalue weighted by Gasteiger charge is 2.09. The number of unbranched alkanes of at least 4 members (excludes halogenated alkanes) is 2. The van der Waals surface area contributed by atoms with Gasteiger partial charge in [-0.25, -0.2) is 4.79 Å². The van der Waals surface area contributed by atoms with Gasteiger partial charge in [-0.05, 0) is 19.3 Å². The van der Waals surface area contributed by atoms with Crippen molar-refractivity contribution in [3.63, 3.8) is 0 Å². The highest BCUT2D eigenvalue weighted by molar-refractivity contribution is 5.88. The zero-order valence-electron chi connectivity index (χ0n) is 10.2. The predicted octanol–water partition coefficient (Wildman–Crippen LogP) is 3.80. The summed E-state index contributed by atoms with van der Waals surface area (Å²) in [6.07, 6.45) is 10.1. The van der Waals surface area contributed by atoms with Crippen LogP contribution in [0.1, 0.15) is 39.0 Å². The standard InChI is InChI=1S/C14H22O2/c1-4-7-9-11-13(10-8-5-2)14(15)16-12-6-3/h5-6,10H,2-4,7-9,11-12H2,1H3. The third-order valence-electron chi connectivity index (χ3n) is 2.18. The lowest BCUT2D eigenvalue weighted by Crippen LogP contribution is -2.08. The Balaban J connectivity index is 4.22. The molecule has 0 saturated heterocycles.